The molecule has 1 fully saturated rings. The summed E-state index contributed by atoms with van der Waals surface area (Å²) in [6.07, 6.45) is 0.785. The maximum Gasteiger partial charge on any atom is 0.253 e. The number of ether oxygens (including phenoxy) is 2. The predicted molar refractivity (Wildman–Crippen MR) is 129 cm³/mol. The molecule has 0 aromatic heterocycles. The van der Waals surface area contributed by atoms with Gasteiger partial charge in [0, 0.05) is 31.7 Å². The van der Waals surface area contributed by atoms with Crippen LogP contribution in [0, 0.1) is 12.7 Å². The highest BCUT2D eigenvalue weighted by Crippen LogP contribution is 2.40. The average Bonchev–Trinajstić information content (AvgIpc) is 3.18. The number of carbonyl (C=O) groups is 1. The van der Waals surface area contributed by atoms with Gasteiger partial charge in [0.2, 0.25) is 0 Å². The Morgan fingerprint density at radius 1 is 0.971 bits per heavy atom. The largest absolute Gasteiger partial charge is 0.497 e. The molecule has 0 unspecified atom stereocenters. The van der Waals surface area contributed by atoms with Crippen molar-refractivity contribution in [3.8, 4) is 17.2 Å². The molecule has 7 heteroatoms. The number of halogens is 1. The molecule has 0 spiro atoms. The summed E-state index contributed by atoms with van der Waals surface area (Å²) < 4.78 is 25.0. The minimum Gasteiger partial charge on any atom is -0.497 e. The minimum absolute atomic E-state index is 0.0871. The van der Waals surface area contributed by atoms with E-state index in [2.05, 4.69) is 4.90 Å². The molecular weight excluding hydrogens is 433 g/mol. The Bertz CT molecular complexity index is 1260. The number of hydrogen-bond donors (Lipinski definition) is 0. The number of hydrogen-bond acceptors (Lipinski definition) is 5. The lowest BCUT2D eigenvalue weighted by Gasteiger charge is -2.25. The van der Waals surface area contributed by atoms with E-state index in [9.17, 15) is 9.18 Å². The number of aliphatic imine (C=N–C) groups is 1. The van der Waals surface area contributed by atoms with E-state index >= 15 is 0 Å². The lowest BCUT2D eigenvalue weighted by atomic mass is 10.1. The number of aryl methyl sites for hydroxylation is 1. The van der Waals surface area contributed by atoms with Crippen LogP contribution in [-0.4, -0.2) is 54.8 Å². The molecule has 5 rings (SSSR count). The summed E-state index contributed by atoms with van der Waals surface area (Å²) in [5, 5.41) is 0. The molecule has 174 valence electrons. The third kappa shape index (κ3) is 4.33. The zero-order valence-electron chi connectivity index (χ0n) is 19.3. The smallest absolute Gasteiger partial charge is 0.253 e. The van der Waals surface area contributed by atoms with Gasteiger partial charge in [-0.05, 0) is 73.5 Å². The molecule has 1 amide bonds. The number of amides is 1. The molecule has 2 aliphatic rings. The zero-order valence-corrected chi connectivity index (χ0v) is 19.3. The summed E-state index contributed by atoms with van der Waals surface area (Å²) >= 11 is 0. The van der Waals surface area contributed by atoms with E-state index in [1.807, 2.05) is 48.2 Å². The molecule has 0 aliphatic carbocycles. The van der Waals surface area contributed by atoms with E-state index in [0.717, 1.165) is 41.4 Å². The van der Waals surface area contributed by atoms with Crippen molar-refractivity contribution in [3.05, 3.63) is 83.2 Å². The van der Waals surface area contributed by atoms with Gasteiger partial charge in [-0.2, -0.15) is 0 Å². The van der Waals surface area contributed by atoms with Gasteiger partial charge in [-0.15, -0.1) is 0 Å². The quantitative estimate of drug-likeness (QED) is 0.530. The van der Waals surface area contributed by atoms with Crippen LogP contribution in [0.15, 0.2) is 65.7 Å². The molecule has 0 bridgehead atoms. The summed E-state index contributed by atoms with van der Waals surface area (Å²) in [6, 6.07) is 17.4. The number of fused-ring (bicyclic) bond motifs is 2. The van der Waals surface area contributed by atoms with Gasteiger partial charge in [-0.25, -0.2) is 9.38 Å². The van der Waals surface area contributed by atoms with Crippen LogP contribution in [0.5, 0.6) is 17.2 Å². The minimum atomic E-state index is -0.350. The molecule has 3 aromatic carbocycles. The van der Waals surface area contributed by atoms with Crippen LogP contribution in [0.25, 0.3) is 0 Å². The molecule has 6 nitrogen and oxygen atoms in total. The van der Waals surface area contributed by atoms with Crippen LogP contribution in [0.2, 0.25) is 0 Å². The van der Waals surface area contributed by atoms with Crippen LogP contribution in [0.1, 0.15) is 27.9 Å². The Morgan fingerprint density at radius 3 is 2.59 bits per heavy atom. The van der Waals surface area contributed by atoms with Crippen molar-refractivity contribution >= 4 is 17.4 Å². The molecular formula is C27H26FN3O3. The van der Waals surface area contributed by atoms with Crippen molar-refractivity contribution in [2.24, 2.45) is 4.99 Å². The Hall–Kier alpha value is -3.87. The van der Waals surface area contributed by atoms with Crippen LogP contribution >= 0.6 is 0 Å². The van der Waals surface area contributed by atoms with Gasteiger partial charge in [0.1, 0.15) is 28.8 Å². The molecule has 0 atom stereocenters. The molecule has 34 heavy (non-hydrogen) atoms. The summed E-state index contributed by atoms with van der Waals surface area (Å²) in [7, 11) is 1.64. The van der Waals surface area contributed by atoms with Crippen LogP contribution in [0.4, 0.5) is 10.1 Å². The van der Waals surface area contributed by atoms with Gasteiger partial charge in [-0.3, -0.25) is 4.79 Å². The summed E-state index contributed by atoms with van der Waals surface area (Å²) in [6.45, 7) is 4.54. The number of amidine groups is 1. The average molecular weight is 460 g/mol. The van der Waals surface area contributed by atoms with Gasteiger partial charge in [0.25, 0.3) is 5.91 Å². The van der Waals surface area contributed by atoms with Gasteiger partial charge >= 0.3 is 0 Å². The Morgan fingerprint density at radius 2 is 1.79 bits per heavy atom. The van der Waals surface area contributed by atoms with Gasteiger partial charge in [0.05, 0.1) is 12.7 Å². The highest BCUT2D eigenvalue weighted by atomic mass is 19.1. The van der Waals surface area contributed by atoms with Crippen LogP contribution in [0.3, 0.4) is 0 Å². The van der Waals surface area contributed by atoms with E-state index in [4.69, 9.17) is 14.5 Å². The first-order chi connectivity index (χ1) is 16.5. The maximum atomic E-state index is 13.3. The lowest BCUT2D eigenvalue weighted by Crippen LogP contribution is -2.37. The SMILES string of the molecule is COc1ccc2c(c1)C(N1CCCN(C(=O)c3ccc(F)cc3)CC1)=Nc1ccc(C)cc1O2. The highest BCUT2D eigenvalue weighted by Gasteiger charge is 2.27. The standard InChI is InChI=1S/C27H26FN3O3/c1-18-4-10-23-25(16-18)34-24-11-9-21(33-2)17-22(24)26(29-23)30-12-3-13-31(15-14-30)27(32)19-5-7-20(28)8-6-19/h4-11,16-17H,3,12-15H2,1-2H3. The first-order valence-corrected chi connectivity index (χ1v) is 11.4. The first kappa shape index (κ1) is 21.9. The molecule has 2 aliphatic heterocycles. The van der Waals surface area contributed by atoms with Crippen LogP contribution < -0.4 is 9.47 Å². The zero-order chi connectivity index (χ0) is 23.7. The second-order valence-electron chi connectivity index (χ2n) is 8.51. The first-order valence-electron chi connectivity index (χ1n) is 11.4. The Balaban J connectivity index is 1.46. The van der Waals surface area contributed by atoms with Gasteiger partial charge in [0.15, 0.2) is 5.75 Å². The number of methoxy groups -OCH3 is 1. The van der Waals surface area contributed by atoms with E-state index in [1.165, 1.54) is 24.3 Å². The van der Waals surface area contributed by atoms with Crippen molar-refractivity contribution in [3.63, 3.8) is 0 Å². The monoisotopic (exact) mass is 459 g/mol. The van der Waals surface area contributed by atoms with Crippen molar-refractivity contribution < 1.29 is 18.7 Å². The lowest BCUT2D eigenvalue weighted by molar-refractivity contribution is 0.0764. The van der Waals surface area contributed by atoms with Crippen LogP contribution in [-0.2, 0) is 0 Å². The number of carbonyl (C=O) groups excluding carboxylic acids is 1. The molecule has 0 radical (unpaired) electrons. The fourth-order valence-electron chi connectivity index (χ4n) is 4.34. The third-order valence-electron chi connectivity index (χ3n) is 6.16. The van der Waals surface area contributed by atoms with E-state index in [0.29, 0.717) is 36.7 Å². The second-order valence-corrected chi connectivity index (χ2v) is 8.51. The molecule has 1 saturated heterocycles. The number of nitrogens with zero attached hydrogens (tertiary/aromatic N) is 3. The summed E-state index contributed by atoms with van der Waals surface area (Å²) in [4.78, 5) is 22.0. The van der Waals surface area contributed by atoms with Gasteiger partial charge in [-0.1, -0.05) is 6.07 Å². The molecule has 3 aromatic rings. The number of rotatable bonds is 2. The normalized spacial score (nSPS) is 15.3. The molecule has 2 heterocycles. The predicted octanol–water partition coefficient (Wildman–Crippen LogP) is 5.17. The number of benzene rings is 3. The summed E-state index contributed by atoms with van der Waals surface area (Å²) in [5.41, 5.74) is 3.21. The van der Waals surface area contributed by atoms with E-state index < -0.39 is 0 Å². The Labute approximate surface area is 198 Å². The van der Waals surface area contributed by atoms with Crippen molar-refractivity contribution in [1.82, 2.24) is 9.80 Å². The molecule has 0 saturated carbocycles. The molecule has 0 N–H and O–H groups in total. The topological polar surface area (TPSA) is 54.4 Å². The third-order valence-corrected chi connectivity index (χ3v) is 6.16. The fraction of sp³-hybridized carbons (Fsp3) is 0.259. The van der Waals surface area contributed by atoms with Crippen molar-refractivity contribution in [2.75, 3.05) is 33.3 Å². The second kappa shape index (κ2) is 9.17. The van der Waals surface area contributed by atoms with Crippen molar-refractivity contribution in [1.29, 1.82) is 0 Å². The van der Waals surface area contributed by atoms with Crippen molar-refractivity contribution in [2.45, 2.75) is 13.3 Å². The highest BCUT2D eigenvalue weighted by molar-refractivity contribution is 6.04. The van der Waals surface area contributed by atoms with E-state index in [1.54, 1.807) is 7.11 Å². The van der Waals surface area contributed by atoms with Gasteiger partial charge < -0.3 is 19.3 Å². The van der Waals surface area contributed by atoms with E-state index in [-0.39, 0.29) is 11.7 Å². The maximum absolute atomic E-state index is 13.3. The fourth-order valence-corrected chi connectivity index (χ4v) is 4.34. The summed E-state index contributed by atoms with van der Waals surface area (Å²) in [5.74, 6) is 2.51. The Kier molecular flexibility index (Phi) is 5.92.